The van der Waals surface area contributed by atoms with Crippen LogP contribution in [-0.2, 0) is 22.6 Å². The van der Waals surface area contributed by atoms with Gasteiger partial charge in [0.15, 0.2) is 0 Å². The van der Waals surface area contributed by atoms with E-state index in [2.05, 4.69) is 29.6 Å². The first-order chi connectivity index (χ1) is 11.8. The van der Waals surface area contributed by atoms with Crippen molar-refractivity contribution in [1.29, 1.82) is 0 Å². The van der Waals surface area contributed by atoms with Crippen LogP contribution in [0, 0.1) is 19.8 Å². The summed E-state index contributed by atoms with van der Waals surface area (Å²) in [5.74, 6) is 0.297. The number of hydrogen-bond acceptors (Lipinski definition) is 3. The molecule has 0 radical (unpaired) electrons. The average Bonchev–Trinajstić information content (AvgIpc) is 2.75. The topological polar surface area (TPSA) is 76.0 Å². The van der Waals surface area contributed by atoms with Gasteiger partial charge in [-0.1, -0.05) is 13.8 Å². The van der Waals surface area contributed by atoms with E-state index in [0.717, 1.165) is 23.5 Å². The van der Waals surface area contributed by atoms with Crippen molar-refractivity contribution >= 4 is 23.2 Å². The highest BCUT2D eigenvalue weighted by Gasteiger charge is 2.15. The summed E-state index contributed by atoms with van der Waals surface area (Å²) in [7, 11) is 0. The number of carbonyl (C=O) groups is 2. The van der Waals surface area contributed by atoms with Crippen LogP contribution in [0.2, 0.25) is 0 Å². The minimum Gasteiger partial charge on any atom is -0.326 e. The summed E-state index contributed by atoms with van der Waals surface area (Å²) in [6.07, 6.45) is 0.295. The van der Waals surface area contributed by atoms with E-state index in [1.165, 1.54) is 6.92 Å². The van der Waals surface area contributed by atoms with Crippen molar-refractivity contribution in [2.75, 3.05) is 10.6 Å². The van der Waals surface area contributed by atoms with E-state index < -0.39 is 0 Å². The van der Waals surface area contributed by atoms with Crippen molar-refractivity contribution in [3.05, 3.63) is 41.2 Å². The van der Waals surface area contributed by atoms with Crippen LogP contribution in [-0.4, -0.2) is 21.6 Å². The summed E-state index contributed by atoms with van der Waals surface area (Å²) in [4.78, 5) is 23.4. The first-order valence-electron chi connectivity index (χ1n) is 8.46. The van der Waals surface area contributed by atoms with Gasteiger partial charge in [-0.05, 0) is 44.0 Å². The lowest BCUT2D eigenvalue weighted by atomic mass is 10.1. The fourth-order valence-electron chi connectivity index (χ4n) is 2.72. The molecule has 0 saturated heterocycles. The highest BCUT2D eigenvalue weighted by atomic mass is 16.2. The van der Waals surface area contributed by atoms with Crippen LogP contribution in [0.3, 0.4) is 0 Å². The van der Waals surface area contributed by atoms with Gasteiger partial charge >= 0.3 is 0 Å². The fraction of sp³-hybridized carbons (Fsp3) is 0.421. The molecule has 0 aliphatic carbocycles. The number of aromatic nitrogens is 2. The predicted molar refractivity (Wildman–Crippen MR) is 99.6 cm³/mol. The molecule has 0 unspecified atom stereocenters. The molecule has 2 rings (SSSR count). The Morgan fingerprint density at radius 3 is 2.16 bits per heavy atom. The van der Waals surface area contributed by atoms with Gasteiger partial charge in [0.1, 0.15) is 0 Å². The molecular weight excluding hydrogens is 316 g/mol. The van der Waals surface area contributed by atoms with Crippen LogP contribution >= 0.6 is 0 Å². The fourth-order valence-corrected chi connectivity index (χ4v) is 2.72. The third kappa shape index (κ3) is 5.17. The van der Waals surface area contributed by atoms with E-state index in [0.29, 0.717) is 23.7 Å². The van der Waals surface area contributed by atoms with Gasteiger partial charge in [-0.25, -0.2) is 0 Å². The SMILES string of the molecule is CC(=O)Nc1ccc(NC(=O)Cc2c(C)nn(CC(C)C)c2C)cc1. The normalized spacial score (nSPS) is 10.8. The van der Waals surface area contributed by atoms with Crippen molar-refractivity contribution in [3.8, 4) is 0 Å². The third-order valence-corrected chi connectivity index (χ3v) is 3.90. The highest BCUT2D eigenvalue weighted by Crippen LogP contribution is 2.17. The highest BCUT2D eigenvalue weighted by molar-refractivity contribution is 5.93. The van der Waals surface area contributed by atoms with Crippen LogP contribution in [0.15, 0.2) is 24.3 Å². The molecule has 2 amide bonds. The van der Waals surface area contributed by atoms with Crippen LogP contribution in [0.25, 0.3) is 0 Å². The molecule has 1 aromatic carbocycles. The summed E-state index contributed by atoms with van der Waals surface area (Å²) in [5.41, 5.74) is 4.32. The first-order valence-corrected chi connectivity index (χ1v) is 8.46. The van der Waals surface area contributed by atoms with Gasteiger partial charge in [0.05, 0.1) is 12.1 Å². The number of aryl methyl sites for hydroxylation is 1. The van der Waals surface area contributed by atoms with Gasteiger partial charge in [-0.2, -0.15) is 5.10 Å². The van der Waals surface area contributed by atoms with Crippen LogP contribution in [0.4, 0.5) is 11.4 Å². The van der Waals surface area contributed by atoms with Gasteiger partial charge in [-0.3, -0.25) is 14.3 Å². The lowest BCUT2D eigenvalue weighted by molar-refractivity contribution is -0.116. The molecule has 0 atom stereocenters. The molecule has 1 heterocycles. The molecule has 1 aromatic heterocycles. The smallest absolute Gasteiger partial charge is 0.228 e. The van der Waals surface area contributed by atoms with Crippen molar-refractivity contribution in [2.45, 2.75) is 47.6 Å². The molecule has 0 spiro atoms. The Kier molecular flexibility index (Phi) is 5.96. The zero-order valence-corrected chi connectivity index (χ0v) is 15.5. The van der Waals surface area contributed by atoms with Crippen LogP contribution < -0.4 is 10.6 Å². The Hall–Kier alpha value is -2.63. The standard InChI is InChI=1S/C19H26N4O2/c1-12(2)11-23-14(4)18(13(3)22-23)10-19(25)21-17-8-6-16(7-9-17)20-15(5)24/h6-9,12H,10-11H2,1-5H3,(H,20,24)(H,21,25). The summed E-state index contributed by atoms with van der Waals surface area (Å²) in [6.45, 7) is 10.5. The average molecular weight is 342 g/mol. The minimum atomic E-state index is -0.124. The number of benzene rings is 1. The van der Waals surface area contributed by atoms with Gasteiger partial charge in [0, 0.05) is 36.1 Å². The molecular formula is C19H26N4O2. The first kappa shape index (κ1) is 18.7. The largest absolute Gasteiger partial charge is 0.326 e. The quantitative estimate of drug-likeness (QED) is 0.846. The molecule has 2 aromatic rings. The Labute approximate surface area is 148 Å². The Balaban J connectivity index is 2.03. The zero-order chi connectivity index (χ0) is 18.6. The molecule has 6 nitrogen and oxygen atoms in total. The van der Waals surface area contributed by atoms with Gasteiger partial charge in [0.25, 0.3) is 0 Å². The second-order valence-electron chi connectivity index (χ2n) is 6.71. The summed E-state index contributed by atoms with van der Waals surface area (Å²) in [5, 5.41) is 10.1. The lowest BCUT2D eigenvalue weighted by Gasteiger charge is -2.09. The molecule has 0 saturated carbocycles. The number of amides is 2. The van der Waals surface area contributed by atoms with E-state index >= 15 is 0 Å². The second kappa shape index (κ2) is 7.96. The Morgan fingerprint density at radius 1 is 1.08 bits per heavy atom. The third-order valence-electron chi connectivity index (χ3n) is 3.90. The van der Waals surface area contributed by atoms with E-state index in [4.69, 9.17) is 0 Å². The number of hydrogen-bond donors (Lipinski definition) is 2. The molecule has 0 fully saturated rings. The summed E-state index contributed by atoms with van der Waals surface area (Å²) in [6, 6.07) is 7.05. The summed E-state index contributed by atoms with van der Waals surface area (Å²) >= 11 is 0. The minimum absolute atomic E-state index is 0.0809. The maximum atomic E-state index is 12.4. The molecule has 2 N–H and O–H groups in total. The van der Waals surface area contributed by atoms with Crippen molar-refractivity contribution < 1.29 is 9.59 Å². The van der Waals surface area contributed by atoms with Crippen LogP contribution in [0.5, 0.6) is 0 Å². The van der Waals surface area contributed by atoms with Crippen molar-refractivity contribution in [3.63, 3.8) is 0 Å². The van der Waals surface area contributed by atoms with Gasteiger partial charge in [0.2, 0.25) is 11.8 Å². The second-order valence-corrected chi connectivity index (χ2v) is 6.71. The van der Waals surface area contributed by atoms with E-state index in [1.807, 2.05) is 18.5 Å². The number of nitrogens with zero attached hydrogens (tertiary/aromatic N) is 2. The Morgan fingerprint density at radius 2 is 1.64 bits per heavy atom. The van der Waals surface area contributed by atoms with E-state index in [-0.39, 0.29) is 11.8 Å². The predicted octanol–water partition coefficient (Wildman–Crippen LogP) is 3.30. The molecule has 0 bridgehead atoms. The zero-order valence-electron chi connectivity index (χ0n) is 15.5. The monoisotopic (exact) mass is 342 g/mol. The van der Waals surface area contributed by atoms with Crippen molar-refractivity contribution in [1.82, 2.24) is 9.78 Å². The molecule has 134 valence electrons. The number of rotatable bonds is 6. The van der Waals surface area contributed by atoms with E-state index in [1.54, 1.807) is 24.3 Å². The van der Waals surface area contributed by atoms with Gasteiger partial charge < -0.3 is 10.6 Å². The Bertz CT molecular complexity index is 760. The molecule has 6 heteroatoms. The maximum absolute atomic E-state index is 12.4. The maximum Gasteiger partial charge on any atom is 0.228 e. The summed E-state index contributed by atoms with van der Waals surface area (Å²) < 4.78 is 1.98. The number of nitrogens with one attached hydrogen (secondary N) is 2. The van der Waals surface area contributed by atoms with E-state index in [9.17, 15) is 9.59 Å². The van der Waals surface area contributed by atoms with Crippen LogP contribution in [0.1, 0.15) is 37.7 Å². The lowest BCUT2D eigenvalue weighted by Crippen LogP contribution is -2.15. The number of anilines is 2. The van der Waals surface area contributed by atoms with Crippen molar-refractivity contribution in [2.24, 2.45) is 5.92 Å². The molecule has 0 aliphatic heterocycles. The molecule has 0 aliphatic rings. The molecule has 25 heavy (non-hydrogen) atoms. The number of carbonyl (C=O) groups excluding carboxylic acids is 2. The van der Waals surface area contributed by atoms with Gasteiger partial charge in [-0.15, -0.1) is 0 Å².